The first-order valence-electron chi connectivity index (χ1n) is 6.74. The summed E-state index contributed by atoms with van der Waals surface area (Å²) in [7, 11) is 0. The van der Waals surface area contributed by atoms with Gasteiger partial charge < -0.3 is 10.6 Å². The Labute approximate surface area is 114 Å². The summed E-state index contributed by atoms with van der Waals surface area (Å²) in [6.07, 6.45) is 3.00. The van der Waals surface area contributed by atoms with Gasteiger partial charge in [0.2, 0.25) is 0 Å². The van der Waals surface area contributed by atoms with E-state index in [2.05, 4.69) is 36.6 Å². The molecule has 1 heterocycles. The Morgan fingerprint density at radius 1 is 1.37 bits per heavy atom. The maximum Gasteiger partial charge on any atom is 0.137 e. The standard InChI is InChI=1S/C16H21N3/c1-3-9-19(10-4-2)16-15-8-6-5-7-13(15)11-14(12-17)18-16/h3,5-8,11H,1,4,9-10,12,17H2,2H3. The lowest BCUT2D eigenvalue weighted by Crippen LogP contribution is -2.25. The Hall–Kier alpha value is -1.87. The molecule has 0 saturated heterocycles. The molecule has 0 unspecified atom stereocenters. The van der Waals surface area contributed by atoms with Crippen molar-refractivity contribution in [1.29, 1.82) is 0 Å². The van der Waals surface area contributed by atoms with E-state index in [4.69, 9.17) is 10.7 Å². The van der Waals surface area contributed by atoms with E-state index in [0.717, 1.165) is 31.0 Å². The van der Waals surface area contributed by atoms with Crippen molar-refractivity contribution in [2.24, 2.45) is 5.73 Å². The molecule has 0 radical (unpaired) electrons. The predicted molar refractivity (Wildman–Crippen MR) is 82.3 cm³/mol. The topological polar surface area (TPSA) is 42.2 Å². The number of hydrogen-bond donors (Lipinski definition) is 1. The van der Waals surface area contributed by atoms with Gasteiger partial charge in [-0.3, -0.25) is 0 Å². The third-order valence-electron chi connectivity index (χ3n) is 3.12. The van der Waals surface area contributed by atoms with Crippen LogP contribution in [0.1, 0.15) is 19.0 Å². The van der Waals surface area contributed by atoms with Gasteiger partial charge >= 0.3 is 0 Å². The third-order valence-corrected chi connectivity index (χ3v) is 3.12. The van der Waals surface area contributed by atoms with E-state index in [-0.39, 0.29) is 0 Å². The van der Waals surface area contributed by atoms with Gasteiger partial charge in [-0.15, -0.1) is 6.58 Å². The highest BCUT2D eigenvalue weighted by Gasteiger charge is 2.11. The van der Waals surface area contributed by atoms with Crippen molar-refractivity contribution >= 4 is 16.6 Å². The smallest absolute Gasteiger partial charge is 0.137 e. The van der Waals surface area contributed by atoms with Gasteiger partial charge in [0.25, 0.3) is 0 Å². The van der Waals surface area contributed by atoms with E-state index in [1.54, 1.807) is 0 Å². The van der Waals surface area contributed by atoms with E-state index < -0.39 is 0 Å². The molecule has 0 saturated carbocycles. The number of anilines is 1. The second kappa shape index (κ2) is 6.34. The summed E-state index contributed by atoms with van der Waals surface area (Å²) >= 11 is 0. The minimum absolute atomic E-state index is 0.464. The number of hydrogen-bond acceptors (Lipinski definition) is 3. The zero-order valence-electron chi connectivity index (χ0n) is 11.5. The molecular formula is C16H21N3. The Bertz CT molecular complexity index is 563. The molecule has 1 aromatic carbocycles. The number of pyridine rings is 1. The number of aromatic nitrogens is 1. The first-order valence-corrected chi connectivity index (χ1v) is 6.74. The summed E-state index contributed by atoms with van der Waals surface area (Å²) in [6, 6.07) is 10.4. The summed E-state index contributed by atoms with van der Waals surface area (Å²) in [5.74, 6) is 1.01. The molecule has 0 fully saturated rings. The molecule has 0 aliphatic carbocycles. The van der Waals surface area contributed by atoms with Crippen LogP contribution in [0.2, 0.25) is 0 Å². The molecule has 0 bridgehead atoms. The molecule has 3 nitrogen and oxygen atoms in total. The highest BCUT2D eigenvalue weighted by atomic mass is 15.2. The fourth-order valence-corrected chi connectivity index (χ4v) is 2.29. The first-order chi connectivity index (χ1) is 9.30. The number of benzene rings is 1. The quantitative estimate of drug-likeness (QED) is 0.806. The molecule has 0 atom stereocenters. The fraction of sp³-hybridized carbons (Fsp3) is 0.312. The van der Waals surface area contributed by atoms with Crippen molar-refractivity contribution < 1.29 is 0 Å². The molecule has 0 spiro atoms. The number of nitrogens with zero attached hydrogens (tertiary/aromatic N) is 2. The highest BCUT2D eigenvalue weighted by Crippen LogP contribution is 2.25. The lowest BCUT2D eigenvalue weighted by atomic mass is 10.1. The third kappa shape index (κ3) is 2.93. The van der Waals surface area contributed by atoms with Crippen LogP contribution < -0.4 is 10.6 Å². The molecule has 100 valence electrons. The van der Waals surface area contributed by atoms with E-state index in [1.807, 2.05) is 18.2 Å². The van der Waals surface area contributed by atoms with Crippen LogP contribution in [0.3, 0.4) is 0 Å². The molecule has 3 heteroatoms. The second-order valence-corrected chi connectivity index (χ2v) is 4.60. The Morgan fingerprint density at radius 2 is 2.16 bits per heavy atom. The van der Waals surface area contributed by atoms with Crippen LogP contribution in [-0.2, 0) is 6.54 Å². The van der Waals surface area contributed by atoms with Gasteiger partial charge in [0.1, 0.15) is 5.82 Å². The van der Waals surface area contributed by atoms with Crippen molar-refractivity contribution in [3.8, 4) is 0 Å². The molecule has 1 aromatic heterocycles. The van der Waals surface area contributed by atoms with Gasteiger partial charge in [-0.1, -0.05) is 37.3 Å². The van der Waals surface area contributed by atoms with Gasteiger partial charge in [0, 0.05) is 25.0 Å². The Morgan fingerprint density at radius 3 is 2.84 bits per heavy atom. The fourth-order valence-electron chi connectivity index (χ4n) is 2.29. The Kier molecular flexibility index (Phi) is 4.53. The number of fused-ring (bicyclic) bond motifs is 1. The first kappa shape index (κ1) is 13.6. The van der Waals surface area contributed by atoms with Crippen LogP contribution in [0.5, 0.6) is 0 Å². The average molecular weight is 255 g/mol. The molecule has 2 rings (SSSR count). The molecule has 0 amide bonds. The van der Waals surface area contributed by atoms with E-state index in [9.17, 15) is 0 Å². The lowest BCUT2D eigenvalue weighted by Gasteiger charge is -2.23. The SMILES string of the molecule is C=CCN(CCC)c1nc(CN)cc2ccccc12. The predicted octanol–water partition coefficient (Wildman–Crippen LogP) is 3.10. The summed E-state index contributed by atoms with van der Waals surface area (Å²) in [4.78, 5) is 6.97. The molecule has 2 aromatic rings. The van der Waals surface area contributed by atoms with E-state index in [0.29, 0.717) is 6.54 Å². The maximum atomic E-state index is 5.76. The van der Waals surface area contributed by atoms with Crippen molar-refractivity contribution in [3.05, 3.63) is 48.7 Å². The highest BCUT2D eigenvalue weighted by molar-refractivity contribution is 5.92. The summed E-state index contributed by atoms with van der Waals surface area (Å²) in [5.41, 5.74) is 6.69. The summed E-state index contributed by atoms with van der Waals surface area (Å²) in [5, 5.41) is 2.37. The van der Waals surface area contributed by atoms with Crippen LogP contribution in [0.4, 0.5) is 5.82 Å². The molecular weight excluding hydrogens is 234 g/mol. The summed E-state index contributed by atoms with van der Waals surface area (Å²) in [6.45, 7) is 8.25. The van der Waals surface area contributed by atoms with Crippen LogP contribution >= 0.6 is 0 Å². The van der Waals surface area contributed by atoms with Gasteiger partial charge in [0.15, 0.2) is 0 Å². The van der Waals surface area contributed by atoms with Crippen molar-refractivity contribution in [1.82, 2.24) is 4.98 Å². The molecule has 0 aliphatic heterocycles. The largest absolute Gasteiger partial charge is 0.352 e. The van der Waals surface area contributed by atoms with Crippen LogP contribution in [0, 0.1) is 0 Å². The zero-order valence-corrected chi connectivity index (χ0v) is 11.5. The normalized spacial score (nSPS) is 10.6. The molecule has 0 aliphatic rings. The molecule has 2 N–H and O–H groups in total. The average Bonchev–Trinajstić information content (AvgIpc) is 2.46. The van der Waals surface area contributed by atoms with Crippen LogP contribution in [0.25, 0.3) is 10.8 Å². The van der Waals surface area contributed by atoms with Crippen LogP contribution in [-0.4, -0.2) is 18.1 Å². The number of nitrogens with two attached hydrogens (primary N) is 1. The van der Waals surface area contributed by atoms with Crippen molar-refractivity contribution in [2.75, 3.05) is 18.0 Å². The lowest BCUT2D eigenvalue weighted by molar-refractivity contribution is 0.801. The minimum atomic E-state index is 0.464. The van der Waals surface area contributed by atoms with Gasteiger partial charge in [-0.25, -0.2) is 4.98 Å². The van der Waals surface area contributed by atoms with E-state index >= 15 is 0 Å². The van der Waals surface area contributed by atoms with E-state index in [1.165, 1.54) is 10.8 Å². The minimum Gasteiger partial charge on any atom is -0.352 e. The summed E-state index contributed by atoms with van der Waals surface area (Å²) < 4.78 is 0. The zero-order chi connectivity index (χ0) is 13.7. The van der Waals surface area contributed by atoms with Gasteiger partial charge in [0.05, 0.1) is 5.69 Å². The second-order valence-electron chi connectivity index (χ2n) is 4.60. The van der Waals surface area contributed by atoms with Crippen molar-refractivity contribution in [3.63, 3.8) is 0 Å². The molecule has 19 heavy (non-hydrogen) atoms. The maximum absolute atomic E-state index is 5.76. The number of rotatable bonds is 6. The van der Waals surface area contributed by atoms with Gasteiger partial charge in [-0.05, 0) is 17.9 Å². The van der Waals surface area contributed by atoms with Gasteiger partial charge in [-0.2, -0.15) is 0 Å². The Balaban J connectivity index is 2.57. The monoisotopic (exact) mass is 255 g/mol. The van der Waals surface area contributed by atoms with Crippen LogP contribution in [0.15, 0.2) is 43.0 Å². The van der Waals surface area contributed by atoms with Crippen molar-refractivity contribution in [2.45, 2.75) is 19.9 Å².